The van der Waals surface area contributed by atoms with Crippen LogP contribution < -0.4 is 0 Å². The lowest BCUT2D eigenvalue weighted by Crippen LogP contribution is -2.30. The number of hydrogen-bond acceptors (Lipinski definition) is 6. The molecule has 0 spiro atoms. The number of esters is 3. The predicted octanol–water partition coefficient (Wildman–Crippen LogP) is 15.0. The molecule has 0 rings (SSSR count). The highest BCUT2D eigenvalue weighted by molar-refractivity contribution is 5.71. The monoisotopic (exact) mass is 773 g/mol. The minimum absolute atomic E-state index is 0.0797. The zero-order valence-electron chi connectivity index (χ0n) is 36.4. The molecule has 55 heavy (non-hydrogen) atoms. The second-order valence-corrected chi connectivity index (χ2v) is 15.7. The van der Waals surface area contributed by atoms with E-state index in [1.54, 1.807) is 0 Å². The molecule has 0 amide bonds. The van der Waals surface area contributed by atoms with Gasteiger partial charge in [-0.1, -0.05) is 173 Å². The van der Waals surface area contributed by atoms with Gasteiger partial charge in [-0.05, 0) is 83.5 Å². The minimum atomic E-state index is -0.777. The van der Waals surface area contributed by atoms with Crippen LogP contribution in [0.1, 0.15) is 239 Å². The van der Waals surface area contributed by atoms with Gasteiger partial charge >= 0.3 is 17.9 Å². The maximum absolute atomic E-state index is 12.7. The minimum Gasteiger partial charge on any atom is -0.462 e. The van der Waals surface area contributed by atoms with Crippen molar-refractivity contribution in [1.29, 1.82) is 0 Å². The Labute approximate surface area is 340 Å². The molecule has 0 radical (unpaired) electrons. The summed E-state index contributed by atoms with van der Waals surface area (Å²) in [6.45, 7) is 6.53. The third-order valence-electron chi connectivity index (χ3n) is 10.1. The van der Waals surface area contributed by atoms with Crippen LogP contribution in [0.2, 0.25) is 0 Å². The number of ether oxygens (including phenoxy) is 3. The number of allylic oxidation sites excluding steroid dienone is 6. The van der Waals surface area contributed by atoms with Gasteiger partial charge in [0.25, 0.3) is 0 Å². The summed E-state index contributed by atoms with van der Waals surface area (Å²) in [5.41, 5.74) is 0. The molecular formula is C49H88O6. The van der Waals surface area contributed by atoms with Crippen molar-refractivity contribution in [2.24, 2.45) is 0 Å². The van der Waals surface area contributed by atoms with Gasteiger partial charge in [0.2, 0.25) is 0 Å². The van der Waals surface area contributed by atoms with Gasteiger partial charge in [-0.2, -0.15) is 0 Å². The molecule has 0 aliphatic rings. The van der Waals surface area contributed by atoms with E-state index in [2.05, 4.69) is 57.2 Å². The van der Waals surface area contributed by atoms with Crippen molar-refractivity contribution < 1.29 is 28.6 Å². The van der Waals surface area contributed by atoms with Crippen molar-refractivity contribution in [3.05, 3.63) is 36.5 Å². The molecule has 0 aliphatic carbocycles. The molecule has 6 heteroatoms. The van der Waals surface area contributed by atoms with E-state index in [1.165, 1.54) is 122 Å². The number of rotatable bonds is 42. The molecule has 0 fully saturated rings. The zero-order valence-corrected chi connectivity index (χ0v) is 36.4. The Balaban J connectivity index is 4.36. The molecule has 0 aromatic carbocycles. The van der Waals surface area contributed by atoms with Gasteiger partial charge in [-0.3, -0.25) is 14.4 Å². The SMILES string of the molecule is CCCC/C=C\CCCCCCCC(=O)OCC(COC(=O)CCCCCCCCC/C=C\CCCCCC)OC(=O)CCCCCCC/C=C\CCCC. The maximum atomic E-state index is 12.7. The highest BCUT2D eigenvalue weighted by atomic mass is 16.6. The topological polar surface area (TPSA) is 78.9 Å². The summed E-state index contributed by atoms with van der Waals surface area (Å²) in [6.07, 6.45) is 49.8. The third kappa shape index (κ3) is 42.6. The lowest BCUT2D eigenvalue weighted by molar-refractivity contribution is -0.167. The normalized spacial score (nSPS) is 12.3. The second kappa shape index (κ2) is 44.3. The average molecular weight is 773 g/mol. The predicted molar refractivity (Wildman–Crippen MR) is 233 cm³/mol. The molecule has 0 aromatic rings. The Morgan fingerprint density at radius 1 is 0.345 bits per heavy atom. The highest BCUT2D eigenvalue weighted by Crippen LogP contribution is 2.14. The van der Waals surface area contributed by atoms with Crippen LogP contribution in [-0.2, 0) is 28.6 Å². The second-order valence-electron chi connectivity index (χ2n) is 15.7. The van der Waals surface area contributed by atoms with Crippen molar-refractivity contribution in [1.82, 2.24) is 0 Å². The highest BCUT2D eigenvalue weighted by Gasteiger charge is 2.19. The quantitative estimate of drug-likeness (QED) is 0.0266. The van der Waals surface area contributed by atoms with Crippen LogP contribution in [-0.4, -0.2) is 37.2 Å². The van der Waals surface area contributed by atoms with E-state index in [0.29, 0.717) is 19.3 Å². The smallest absolute Gasteiger partial charge is 0.306 e. The van der Waals surface area contributed by atoms with Gasteiger partial charge in [0.1, 0.15) is 13.2 Å². The molecule has 320 valence electrons. The number of carbonyl (C=O) groups excluding carboxylic acids is 3. The lowest BCUT2D eigenvalue weighted by atomic mass is 10.1. The Morgan fingerprint density at radius 2 is 0.618 bits per heavy atom. The molecule has 0 aliphatic heterocycles. The van der Waals surface area contributed by atoms with E-state index in [4.69, 9.17) is 14.2 Å². The molecule has 0 aromatic heterocycles. The fourth-order valence-electron chi connectivity index (χ4n) is 6.46. The Kier molecular flexibility index (Phi) is 42.4. The van der Waals surface area contributed by atoms with Crippen LogP contribution in [0.3, 0.4) is 0 Å². The van der Waals surface area contributed by atoms with E-state index in [1.807, 2.05) is 0 Å². The zero-order chi connectivity index (χ0) is 40.1. The van der Waals surface area contributed by atoms with E-state index in [9.17, 15) is 14.4 Å². The Morgan fingerprint density at radius 3 is 0.964 bits per heavy atom. The first kappa shape index (κ1) is 52.6. The maximum Gasteiger partial charge on any atom is 0.306 e. The molecule has 1 unspecified atom stereocenters. The molecule has 0 saturated heterocycles. The summed E-state index contributed by atoms with van der Waals surface area (Å²) >= 11 is 0. The lowest BCUT2D eigenvalue weighted by Gasteiger charge is -2.18. The summed E-state index contributed by atoms with van der Waals surface area (Å²) in [5, 5.41) is 0. The summed E-state index contributed by atoms with van der Waals surface area (Å²) < 4.78 is 16.7. The first-order chi connectivity index (χ1) is 27.0. The first-order valence-electron chi connectivity index (χ1n) is 23.5. The molecule has 0 saturated carbocycles. The van der Waals surface area contributed by atoms with Gasteiger partial charge in [0.05, 0.1) is 0 Å². The molecule has 0 heterocycles. The van der Waals surface area contributed by atoms with Crippen molar-refractivity contribution in [3.63, 3.8) is 0 Å². The number of carbonyl (C=O) groups is 3. The summed E-state index contributed by atoms with van der Waals surface area (Å²) in [7, 11) is 0. The molecule has 0 bridgehead atoms. The summed E-state index contributed by atoms with van der Waals surface area (Å²) in [5.74, 6) is -0.902. The van der Waals surface area contributed by atoms with Gasteiger partial charge in [0, 0.05) is 19.3 Å². The van der Waals surface area contributed by atoms with E-state index >= 15 is 0 Å². The molecule has 6 nitrogen and oxygen atoms in total. The summed E-state index contributed by atoms with van der Waals surface area (Å²) in [6, 6.07) is 0. The van der Waals surface area contributed by atoms with Crippen molar-refractivity contribution in [3.8, 4) is 0 Å². The van der Waals surface area contributed by atoms with Crippen LogP contribution in [0.5, 0.6) is 0 Å². The van der Waals surface area contributed by atoms with Crippen molar-refractivity contribution in [2.75, 3.05) is 13.2 Å². The molecular weight excluding hydrogens is 685 g/mol. The van der Waals surface area contributed by atoms with Crippen LogP contribution >= 0.6 is 0 Å². The molecule has 1 atom stereocenters. The van der Waals surface area contributed by atoms with E-state index in [0.717, 1.165) is 77.0 Å². The van der Waals surface area contributed by atoms with Crippen LogP contribution in [0.25, 0.3) is 0 Å². The Bertz CT molecular complexity index is 938. The van der Waals surface area contributed by atoms with E-state index in [-0.39, 0.29) is 31.1 Å². The largest absolute Gasteiger partial charge is 0.462 e. The van der Waals surface area contributed by atoms with Gasteiger partial charge in [0.15, 0.2) is 6.10 Å². The van der Waals surface area contributed by atoms with Gasteiger partial charge in [-0.15, -0.1) is 0 Å². The van der Waals surface area contributed by atoms with Gasteiger partial charge in [-0.25, -0.2) is 0 Å². The third-order valence-corrected chi connectivity index (χ3v) is 10.1. The average Bonchev–Trinajstić information content (AvgIpc) is 3.18. The van der Waals surface area contributed by atoms with Crippen LogP contribution in [0.15, 0.2) is 36.5 Å². The standard InChI is InChI=1S/C49H88O6/c1-4-7-10-13-16-19-22-23-24-25-28-30-33-36-39-42-48(51)54-45-46(55-49(52)43-40-37-34-31-27-21-18-15-12-9-6-3)44-53-47(50)41-38-35-32-29-26-20-17-14-11-8-5-2/h14-15,17-19,22,46H,4-13,16,20-21,23-45H2,1-3H3/b17-14-,18-15-,22-19-. The Hall–Kier alpha value is -2.37. The van der Waals surface area contributed by atoms with Gasteiger partial charge < -0.3 is 14.2 Å². The molecule has 0 N–H and O–H groups in total. The number of hydrogen-bond donors (Lipinski definition) is 0. The first-order valence-corrected chi connectivity index (χ1v) is 23.5. The van der Waals surface area contributed by atoms with Crippen molar-refractivity contribution in [2.45, 2.75) is 245 Å². The fourth-order valence-corrected chi connectivity index (χ4v) is 6.46. The number of unbranched alkanes of at least 4 members (excludes halogenated alkanes) is 25. The van der Waals surface area contributed by atoms with Crippen molar-refractivity contribution >= 4 is 17.9 Å². The fraction of sp³-hybridized carbons (Fsp3) is 0.816. The summed E-state index contributed by atoms with van der Waals surface area (Å²) in [4.78, 5) is 37.7. The van der Waals surface area contributed by atoms with E-state index < -0.39 is 6.10 Å². The van der Waals surface area contributed by atoms with Crippen LogP contribution in [0, 0.1) is 0 Å². The van der Waals surface area contributed by atoms with Crippen LogP contribution in [0.4, 0.5) is 0 Å².